The van der Waals surface area contributed by atoms with Crippen molar-refractivity contribution in [2.24, 2.45) is 5.92 Å². The van der Waals surface area contributed by atoms with Gasteiger partial charge in [0.2, 0.25) is 0 Å². The average molecular weight is 302 g/mol. The SMILES string of the molecule is CN(C)C(c1ccccc1)C1CCCCC1N1CCOCC1. The zero-order valence-electron chi connectivity index (χ0n) is 14.1. The minimum Gasteiger partial charge on any atom is -0.379 e. The zero-order chi connectivity index (χ0) is 15.4. The maximum atomic E-state index is 5.57. The van der Waals surface area contributed by atoms with Gasteiger partial charge in [-0.15, -0.1) is 0 Å². The molecule has 0 spiro atoms. The first kappa shape index (κ1) is 16.0. The van der Waals surface area contributed by atoms with E-state index in [0.29, 0.717) is 12.1 Å². The molecule has 3 heteroatoms. The summed E-state index contributed by atoms with van der Waals surface area (Å²) in [5, 5.41) is 0. The molecule has 0 N–H and O–H groups in total. The summed E-state index contributed by atoms with van der Waals surface area (Å²) in [7, 11) is 4.48. The summed E-state index contributed by atoms with van der Waals surface area (Å²) in [5.41, 5.74) is 1.47. The summed E-state index contributed by atoms with van der Waals surface area (Å²) >= 11 is 0. The third-order valence-electron chi connectivity index (χ3n) is 5.40. The fourth-order valence-corrected chi connectivity index (χ4v) is 4.45. The summed E-state index contributed by atoms with van der Waals surface area (Å²) in [5.74, 6) is 0.726. The van der Waals surface area contributed by atoms with Crippen LogP contribution in [0.25, 0.3) is 0 Å². The van der Waals surface area contributed by atoms with Gasteiger partial charge in [-0.1, -0.05) is 43.2 Å². The molecule has 3 atom stereocenters. The molecule has 22 heavy (non-hydrogen) atoms. The number of hydrogen-bond donors (Lipinski definition) is 0. The van der Waals surface area contributed by atoms with Crippen LogP contribution < -0.4 is 0 Å². The molecule has 3 unspecified atom stereocenters. The number of rotatable bonds is 4. The Kier molecular flexibility index (Phi) is 5.51. The van der Waals surface area contributed by atoms with Crippen LogP contribution in [0.3, 0.4) is 0 Å². The van der Waals surface area contributed by atoms with Gasteiger partial charge in [0.15, 0.2) is 0 Å². The van der Waals surface area contributed by atoms with Crippen LogP contribution >= 0.6 is 0 Å². The number of nitrogens with zero attached hydrogens (tertiary/aromatic N) is 2. The summed E-state index contributed by atoms with van der Waals surface area (Å²) in [4.78, 5) is 5.13. The van der Waals surface area contributed by atoms with Crippen molar-refractivity contribution in [2.75, 3.05) is 40.4 Å². The van der Waals surface area contributed by atoms with Gasteiger partial charge in [-0.25, -0.2) is 0 Å². The van der Waals surface area contributed by atoms with Gasteiger partial charge in [-0.05, 0) is 38.4 Å². The van der Waals surface area contributed by atoms with Crippen LogP contribution in [-0.4, -0.2) is 56.2 Å². The number of hydrogen-bond acceptors (Lipinski definition) is 3. The molecule has 1 aliphatic heterocycles. The van der Waals surface area contributed by atoms with E-state index in [1.165, 1.54) is 31.2 Å². The maximum Gasteiger partial charge on any atom is 0.0594 e. The zero-order valence-corrected chi connectivity index (χ0v) is 14.1. The second kappa shape index (κ2) is 7.58. The molecule has 1 aliphatic carbocycles. The fourth-order valence-electron chi connectivity index (χ4n) is 4.45. The molecule has 0 amide bonds. The lowest BCUT2D eigenvalue weighted by Gasteiger charge is -2.46. The van der Waals surface area contributed by atoms with E-state index in [-0.39, 0.29) is 0 Å². The number of morpholine rings is 1. The third kappa shape index (κ3) is 3.53. The first-order chi connectivity index (χ1) is 10.8. The Balaban J connectivity index is 1.83. The largest absolute Gasteiger partial charge is 0.379 e. The molecule has 0 radical (unpaired) electrons. The van der Waals surface area contributed by atoms with Gasteiger partial charge in [0, 0.05) is 25.2 Å². The highest BCUT2D eigenvalue weighted by Gasteiger charge is 2.37. The minimum atomic E-state index is 0.523. The van der Waals surface area contributed by atoms with Crippen LogP contribution in [0.5, 0.6) is 0 Å². The molecule has 2 aliphatic rings. The van der Waals surface area contributed by atoms with Crippen molar-refractivity contribution in [2.45, 2.75) is 37.8 Å². The van der Waals surface area contributed by atoms with Gasteiger partial charge in [0.05, 0.1) is 13.2 Å². The molecule has 3 rings (SSSR count). The second-order valence-corrected chi connectivity index (χ2v) is 6.98. The van der Waals surface area contributed by atoms with Crippen LogP contribution in [0.4, 0.5) is 0 Å². The van der Waals surface area contributed by atoms with Crippen LogP contribution in [-0.2, 0) is 4.74 Å². The van der Waals surface area contributed by atoms with Crippen molar-refractivity contribution in [1.29, 1.82) is 0 Å². The average Bonchev–Trinajstić information content (AvgIpc) is 2.57. The van der Waals surface area contributed by atoms with Gasteiger partial charge in [0.1, 0.15) is 0 Å². The van der Waals surface area contributed by atoms with E-state index in [0.717, 1.165) is 32.2 Å². The minimum absolute atomic E-state index is 0.523. The Labute approximate surface area is 135 Å². The summed E-state index contributed by atoms with van der Waals surface area (Å²) < 4.78 is 5.57. The Hall–Kier alpha value is -0.900. The van der Waals surface area contributed by atoms with Crippen molar-refractivity contribution in [3.8, 4) is 0 Å². The van der Waals surface area contributed by atoms with Crippen molar-refractivity contribution < 1.29 is 4.74 Å². The molecule has 1 saturated carbocycles. The molecule has 1 heterocycles. The molecule has 0 aromatic heterocycles. The van der Waals surface area contributed by atoms with Gasteiger partial charge >= 0.3 is 0 Å². The van der Waals surface area contributed by atoms with E-state index in [4.69, 9.17) is 4.74 Å². The quantitative estimate of drug-likeness (QED) is 0.849. The van der Waals surface area contributed by atoms with E-state index < -0.39 is 0 Å². The van der Waals surface area contributed by atoms with E-state index >= 15 is 0 Å². The van der Waals surface area contributed by atoms with Crippen molar-refractivity contribution in [3.05, 3.63) is 35.9 Å². The van der Waals surface area contributed by atoms with E-state index in [2.05, 4.69) is 54.2 Å². The molecule has 1 saturated heterocycles. The Morgan fingerprint density at radius 2 is 1.73 bits per heavy atom. The van der Waals surface area contributed by atoms with Gasteiger partial charge in [0.25, 0.3) is 0 Å². The maximum absolute atomic E-state index is 5.57. The Morgan fingerprint density at radius 3 is 2.41 bits per heavy atom. The lowest BCUT2D eigenvalue weighted by atomic mass is 9.76. The van der Waals surface area contributed by atoms with Crippen molar-refractivity contribution in [3.63, 3.8) is 0 Å². The van der Waals surface area contributed by atoms with Gasteiger partial charge < -0.3 is 9.64 Å². The Bertz CT molecular complexity index is 442. The first-order valence-electron chi connectivity index (χ1n) is 8.80. The van der Waals surface area contributed by atoms with E-state index in [1.54, 1.807) is 0 Å². The molecule has 2 fully saturated rings. The molecular weight excluding hydrogens is 272 g/mol. The molecule has 1 aromatic rings. The molecular formula is C19H30N2O. The lowest BCUT2D eigenvalue weighted by Crippen LogP contribution is -2.51. The highest BCUT2D eigenvalue weighted by atomic mass is 16.5. The third-order valence-corrected chi connectivity index (χ3v) is 5.40. The Morgan fingerprint density at radius 1 is 1.05 bits per heavy atom. The lowest BCUT2D eigenvalue weighted by molar-refractivity contribution is -0.0219. The van der Waals surface area contributed by atoms with Crippen LogP contribution in [0.15, 0.2) is 30.3 Å². The monoisotopic (exact) mass is 302 g/mol. The molecule has 0 bridgehead atoms. The van der Waals surface area contributed by atoms with Crippen molar-refractivity contribution in [1.82, 2.24) is 9.80 Å². The standard InChI is InChI=1S/C19H30N2O/c1-20(2)19(16-8-4-3-5-9-16)17-10-6-7-11-18(17)21-12-14-22-15-13-21/h3-5,8-9,17-19H,6-7,10-15H2,1-2H3. The predicted octanol–water partition coefficient (Wildman–Crippen LogP) is 3.18. The number of ether oxygens (including phenoxy) is 1. The van der Waals surface area contributed by atoms with Gasteiger partial charge in [-0.3, -0.25) is 4.90 Å². The van der Waals surface area contributed by atoms with Crippen molar-refractivity contribution >= 4 is 0 Å². The first-order valence-corrected chi connectivity index (χ1v) is 8.80. The normalized spacial score (nSPS) is 28.7. The van der Waals surface area contributed by atoms with Crippen LogP contribution in [0.2, 0.25) is 0 Å². The number of benzene rings is 1. The van der Waals surface area contributed by atoms with E-state index in [1.807, 2.05) is 0 Å². The summed E-state index contributed by atoms with van der Waals surface area (Å²) in [6.45, 7) is 4.02. The molecule has 3 nitrogen and oxygen atoms in total. The fraction of sp³-hybridized carbons (Fsp3) is 0.684. The highest BCUT2D eigenvalue weighted by molar-refractivity contribution is 5.20. The molecule has 1 aromatic carbocycles. The summed E-state index contributed by atoms with van der Waals surface area (Å²) in [6.07, 6.45) is 5.46. The predicted molar refractivity (Wildman–Crippen MR) is 91.0 cm³/mol. The second-order valence-electron chi connectivity index (χ2n) is 6.98. The highest BCUT2D eigenvalue weighted by Crippen LogP contribution is 2.39. The van der Waals surface area contributed by atoms with Crippen LogP contribution in [0, 0.1) is 5.92 Å². The van der Waals surface area contributed by atoms with Gasteiger partial charge in [-0.2, -0.15) is 0 Å². The smallest absolute Gasteiger partial charge is 0.0594 e. The molecule has 122 valence electrons. The summed E-state index contributed by atoms with van der Waals surface area (Å²) in [6, 6.07) is 12.3. The van der Waals surface area contributed by atoms with Crippen LogP contribution in [0.1, 0.15) is 37.3 Å². The van der Waals surface area contributed by atoms with E-state index in [9.17, 15) is 0 Å². The topological polar surface area (TPSA) is 15.7 Å².